The van der Waals surface area contributed by atoms with E-state index in [1.807, 2.05) is 26.4 Å². The summed E-state index contributed by atoms with van der Waals surface area (Å²) in [6, 6.07) is 0. The first kappa shape index (κ1) is 16.5. The Balaban J connectivity index is 2.12. The number of carbonyl (C=O) groups excluding carboxylic acids is 2. The number of aromatic nitrogens is 2. The second-order valence-corrected chi connectivity index (χ2v) is 5.75. The molecule has 2 atom stereocenters. The van der Waals surface area contributed by atoms with Crippen molar-refractivity contribution in [3.63, 3.8) is 0 Å². The smallest absolute Gasteiger partial charge is 0.239 e. The van der Waals surface area contributed by atoms with Crippen LogP contribution in [-0.4, -0.2) is 59.7 Å². The zero-order valence-corrected chi connectivity index (χ0v) is 13.5. The lowest BCUT2D eigenvalue weighted by Gasteiger charge is -2.26. The molecular formula is C15H25N5O2. The monoisotopic (exact) mass is 307 g/mol. The first-order chi connectivity index (χ1) is 10.6. The summed E-state index contributed by atoms with van der Waals surface area (Å²) in [5, 5.41) is 10.1. The highest BCUT2D eigenvalue weighted by Crippen LogP contribution is 2.29. The third-order valence-electron chi connectivity index (χ3n) is 4.10. The van der Waals surface area contributed by atoms with Crippen LogP contribution in [0, 0.1) is 5.92 Å². The molecule has 1 aromatic rings. The molecule has 7 heteroatoms. The summed E-state index contributed by atoms with van der Waals surface area (Å²) in [5.41, 5.74) is 1.07. The first-order valence-corrected chi connectivity index (χ1v) is 7.75. The van der Waals surface area contributed by atoms with E-state index in [1.165, 1.54) is 0 Å². The van der Waals surface area contributed by atoms with Crippen molar-refractivity contribution in [2.75, 3.05) is 33.2 Å². The molecule has 0 radical (unpaired) electrons. The van der Waals surface area contributed by atoms with E-state index in [9.17, 15) is 9.59 Å². The molecule has 2 rings (SSSR count). The minimum Gasteiger partial charge on any atom is -0.358 e. The highest BCUT2D eigenvalue weighted by Gasteiger charge is 2.37. The maximum absolute atomic E-state index is 12.9. The molecule has 1 fully saturated rings. The van der Waals surface area contributed by atoms with Gasteiger partial charge in [0.05, 0.1) is 18.7 Å². The number of aryl methyl sites for hydroxylation is 1. The Morgan fingerprint density at radius 2 is 2.27 bits per heavy atom. The zero-order valence-electron chi connectivity index (χ0n) is 13.5. The van der Waals surface area contributed by atoms with Crippen LogP contribution >= 0.6 is 0 Å². The van der Waals surface area contributed by atoms with Crippen LogP contribution in [0.2, 0.25) is 0 Å². The molecule has 0 saturated carbocycles. The summed E-state index contributed by atoms with van der Waals surface area (Å²) in [5.74, 6) is -0.111. The van der Waals surface area contributed by atoms with E-state index < -0.39 is 0 Å². The molecule has 1 aliphatic rings. The molecule has 0 aromatic carbocycles. The fourth-order valence-electron chi connectivity index (χ4n) is 2.94. The normalized spacial score (nSPS) is 20.9. The maximum Gasteiger partial charge on any atom is 0.239 e. The maximum atomic E-state index is 12.9. The Morgan fingerprint density at radius 3 is 2.86 bits per heavy atom. The summed E-state index contributed by atoms with van der Waals surface area (Å²) in [6.45, 7) is 4.14. The molecule has 2 amide bonds. The molecule has 2 N–H and O–H groups in total. The van der Waals surface area contributed by atoms with Gasteiger partial charge in [-0.15, -0.1) is 0 Å². The van der Waals surface area contributed by atoms with Crippen molar-refractivity contribution in [3.05, 3.63) is 18.0 Å². The van der Waals surface area contributed by atoms with Gasteiger partial charge in [-0.2, -0.15) is 5.10 Å². The van der Waals surface area contributed by atoms with Crippen LogP contribution in [0.4, 0.5) is 0 Å². The third-order valence-corrected chi connectivity index (χ3v) is 4.10. The van der Waals surface area contributed by atoms with E-state index in [0.717, 1.165) is 18.5 Å². The molecule has 122 valence electrons. The van der Waals surface area contributed by atoms with Crippen molar-refractivity contribution in [2.45, 2.75) is 19.3 Å². The number of likely N-dealkylation sites (N-methyl/N-ethyl adjacent to an activating group) is 1. The molecule has 1 aromatic heterocycles. The molecule has 0 unspecified atom stereocenters. The molecule has 7 nitrogen and oxygen atoms in total. The van der Waals surface area contributed by atoms with Gasteiger partial charge < -0.3 is 15.5 Å². The summed E-state index contributed by atoms with van der Waals surface area (Å²) in [4.78, 5) is 26.2. The van der Waals surface area contributed by atoms with Gasteiger partial charge in [0.25, 0.3) is 0 Å². The summed E-state index contributed by atoms with van der Waals surface area (Å²) >= 11 is 0. The van der Waals surface area contributed by atoms with Crippen molar-refractivity contribution in [1.82, 2.24) is 25.3 Å². The van der Waals surface area contributed by atoms with Gasteiger partial charge in [-0.1, -0.05) is 6.92 Å². The standard InChI is InChI=1S/C15H25N5O2/c1-4-5-20(10-14(21)16-2)15(22)13-8-17-7-12(13)11-6-18-19(3)9-11/h6,9,12-13,17H,4-5,7-8,10H2,1-3H3,(H,16,21)/t12-,13+/m1/s1. The number of hydrogen-bond acceptors (Lipinski definition) is 4. The van der Waals surface area contributed by atoms with Crippen LogP contribution in [0.15, 0.2) is 12.4 Å². The Hall–Kier alpha value is -1.89. The van der Waals surface area contributed by atoms with Crippen molar-refractivity contribution in [3.8, 4) is 0 Å². The predicted molar refractivity (Wildman–Crippen MR) is 83.2 cm³/mol. The van der Waals surface area contributed by atoms with Crippen molar-refractivity contribution in [2.24, 2.45) is 13.0 Å². The lowest BCUT2D eigenvalue weighted by molar-refractivity contribution is -0.139. The van der Waals surface area contributed by atoms with E-state index >= 15 is 0 Å². The van der Waals surface area contributed by atoms with Gasteiger partial charge in [0.15, 0.2) is 0 Å². The number of hydrogen-bond donors (Lipinski definition) is 2. The summed E-state index contributed by atoms with van der Waals surface area (Å²) in [6.07, 6.45) is 4.61. The van der Waals surface area contributed by atoms with Gasteiger partial charge in [0.2, 0.25) is 11.8 Å². The van der Waals surface area contributed by atoms with Crippen molar-refractivity contribution >= 4 is 11.8 Å². The highest BCUT2D eigenvalue weighted by atomic mass is 16.2. The molecule has 2 heterocycles. The average Bonchev–Trinajstić information content (AvgIpc) is 3.14. The third kappa shape index (κ3) is 3.65. The van der Waals surface area contributed by atoms with E-state index in [-0.39, 0.29) is 30.2 Å². The fourth-order valence-corrected chi connectivity index (χ4v) is 2.94. The van der Waals surface area contributed by atoms with E-state index in [4.69, 9.17) is 0 Å². The molecule has 0 bridgehead atoms. The van der Waals surface area contributed by atoms with Crippen LogP contribution in [0.25, 0.3) is 0 Å². The zero-order chi connectivity index (χ0) is 16.1. The molecule has 1 aliphatic heterocycles. The van der Waals surface area contributed by atoms with Gasteiger partial charge in [0, 0.05) is 45.8 Å². The second kappa shape index (κ2) is 7.40. The fraction of sp³-hybridized carbons (Fsp3) is 0.667. The minimum atomic E-state index is -0.139. The van der Waals surface area contributed by atoms with Gasteiger partial charge in [-0.3, -0.25) is 14.3 Å². The number of rotatable bonds is 6. The Kier molecular flexibility index (Phi) is 5.54. The van der Waals surface area contributed by atoms with E-state index in [0.29, 0.717) is 13.1 Å². The molecule has 0 aliphatic carbocycles. The first-order valence-electron chi connectivity index (χ1n) is 7.75. The number of nitrogens with one attached hydrogen (secondary N) is 2. The van der Waals surface area contributed by atoms with Crippen LogP contribution in [0.5, 0.6) is 0 Å². The molecule has 1 saturated heterocycles. The number of amides is 2. The predicted octanol–water partition coefficient (Wildman–Crippen LogP) is -0.292. The van der Waals surface area contributed by atoms with Crippen molar-refractivity contribution in [1.29, 1.82) is 0 Å². The van der Waals surface area contributed by atoms with Crippen molar-refractivity contribution < 1.29 is 9.59 Å². The van der Waals surface area contributed by atoms with Gasteiger partial charge in [-0.05, 0) is 12.0 Å². The Labute approximate surface area is 131 Å². The van der Waals surface area contributed by atoms with E-state index in [2.05, 4.69) is 15.7 Å². The Bertz CT molecular complexity index is 528. The minimum absolute atomic E-state index is 0.0457. The lowest BCUT2D eigenvalue weighted by atomic mass is 9.89. The molecular weight excluding hydrogens is 282 g/mol. The summed E-state index contributed by atoms with van der Waals surface area (Å²) < 4.78 is 1.75. The van der Waals surface area contributed by atoms with Gasteiger partial charge in [0.1, 0.15) is 0 Å². The van der Waals surface area contributed by atoms with Crippen LogP contribution in [-0.2, 0) is 16.6 Å². The number of nitrogens with zero attached hydrogens (tertiary/aromatic N) is 3. The Morgan fingerprint density at radius 1 is 1.50 bits per heavy atom. The second-order valence-electron chi connectivity index (χ2n) is 5.75. The molecule has 0 spiro atoms. The van der Waals surface area contributed by atoms with Crippen LogP contribution in [0.1, 0.15) is 24.8 Å². The SMILES string of the molecule is CCCN(CC(=O)NC)C(=O)[C@H]1CNC[C@@H]1c1cnn(C)c1. The lowest BCUT2D eigenvalue weighted by Crippen LogP contribution is -2.44. The quantitative estimate of drug-likeness (QED) is 0.757. The van der Waals surface area contributed by atoms with Gasteiger partial charge in [-0.25, -0.2) is 0 Å². The van der Waals surface area contributed by atoms with Crippen LogP contribution in [0.3, 0.4) is 0 Å². The molecule has 22 heavy (non-hydrogen) atoms. The van der Waals surface area contributed by atoms with E-state index in [1.54, 1.807) is 16.6 Å². The van der Waals surface area contributed by atoms with Crippen LogP contribution < -0.4 is 10.6 Å². The van der Waals surface area contributed by atoms with Gasteiger partial charge >= 0.3 is 0 Å². The average molecular weight is 307 g/mol. The topological polar surface area (TPSA) is 79.3 Å². The number of carbonyl (C=O) groups is 2. The highest BCUT2D eigenvalue weighted by molar-refractivity contribution is 5.86. The summed E-state index contributed by atoms with van der Waals surface area (Å²) in [7, 11) is 3.46. The largest absolute Gasteiger partial charge is 0.358 e.